The number of fused-ring (bicyclic) bond motifs is 1. The first-order chi connectivity index (χ1) is 18.7. The van der Waals surface area contributed by atoms with Crippen LogP contribution in [0.1, 0.15) is 22.3 Å². The third-order valence-electron chi connectivity index (χ3n) is 7.12. The Morgan fingerprint density at radius 1 is 1.10 bits per heavy atom. The highest BCUT2D eigenvalue weighted by Crippen LogP contribution is 2.34. The molecule has 0 saturated carbocycles. The summed E-state index contributed by atoms with van der Waals surface area (Å²) >= 11 is 0. The number of carbonyl (C=O) groups excluding carboxylic acids is 1. The highest BCUT2D eigenvalue weighted by atomic mass is 19.4. The lowest BCUT2D eigenvalue weighted by atomic mass is 9.98. The molecule has 0 radical (unpaired) electrons. The second-order valence-electron chi connectivity index (χ2n) is 10.2. The molecule has 2 aromatic carbocycles. The molecule has 2 atom stereocenters. The molecule has 1 N–H and O–H groups in total. The second kappa shape index (κ2) is 11.6. The maximum absolute atomic E-state index is 13.9. The number of allylic oxidation sites excluding steroid dienone is 1. The lowest BCUT2D eigenvalue weighted by molar-refractivity contribution is -0.138. The fourth-order valence-electron chi connectivity index (χ4n) is 4.91. The molecule has 39 heavy (non-hydrogen) atoms. The van der Waals surface area contributed by atoms with Gasteiger partial charge in [0.2, 0.25) is 5.91 Å². The minimum Gasteiger partial charge on any atom is -0.326 e. The van der Waals surface area contributed by atoms with Gasteiger partial charge in [0.05, 0.1) is 24.6 Å². The zero-order chi connectivity index (χ0) is 27.4. The molecule has 3 heterocycles. The topological polar surface area (TPSA) is 60.3 Å². The van der Waals surface area contributed by atoms with Crippen molar-refractivity contribution in [3.8, 4) is 11.8 Å². The van der Waals surface area contributed by atoms with Crippen molar-refractivity contribution in [3.05, 3.63) is 76.4 Å². The van der Waals surface area contributed by atoms with E-state index >= 15 is 0 Å². The molecule has 2 unspecified atom stereocenters. The smallest absolute Gasteiger partial charge is 0.326 e. The van der Waals surface area contributed by atoms with E-state index in [4.69, 9.17) is 0 Å². The zero-order valence-corrected chi connectivity index (χ0v) is 21.7. The van der Waals surface area contributed by atoms with Crippen molar-refractivity contribution >= 4 is 24.0 Å². The van der Waals surface area contributed by atoms with E-state index in [1.807, 2.05) is 36.4 Å². The minimum absolute atomic E-state index is 0.0181. The summed E-state index contributed by atoms with van der Waals surface area (Å²) in [4.78, 5) is 25.7. The summed E-state index contributed by atoms with van der Waals surface area (Å²) in [6.45, 7) is 4.02. The molecular weight excluding hydrogens is 503 g/mol. The van der Waals surface area contributed by atoms with Gasteiger partial charge in [-0.15, -0.1) is 0 Å². The molecule has 1 fully saturated rings. The number of hydrogen-bond acceptors (Lipinski definition) is 5. The van der Waals surface area contributed by atoms with Crippen LogP contribution in [0.2, 0.25) is 0 Å². The Labute approximate surface area is 226 Å². The molecule has 5 rings (SSSR count). The Kier molecular flexibility index (Phi) is 7.96. The summed E-state index contributed by atoms with van der Waals surface area (Å²) in [5, 5.41) is 2.63. The average molecular weight is 534 g/mol. The number of nitrogens with one attached hydrogen (secondary N) is 1. The van der Waals surface area contributed by atoms with E-state index in [1.54, 1.807) is 18.3 Å². The maximum atomic E-state index is 13.9. The molecule has 9 heteroatoms. The van der Waals surface area contributed by atoms with Crippen LogP contribution in [0.5, 0.6) is 0 Å². The number of rotatable bonds is 5. The number of aliphatic imine (C=N–C) groups is 2. The fourth-order valence-corrected chi connectivity index (χ4v) is 4.91. The van der Waals surface area contributed by atoms with Crippen LogP contribution in [-0.2, 0) is 23.9 Å². The molecule has 0 aromatic heterocycles. The van der Waals surface area contributed by atoms with Gasteiger partial charge in [-0.3, -0.25) is 19.7 Å². The quantitative estimate of drug-likeness (QED) is 0.590. The molecule has 0 bridgehead atoms. The molecule has 3 aliphatic rings. The van der Waals surface area contributed by atoms with Crippen molar-refractivity contribution < 1.29 is 18.0 Å². The molecule has 202 valence electrons. The van der Waals surface area contributed by atoms with Crippen molar-refractivity contribution in [1.82, 2.24) is 9.80 Å². The van der Waals surface area contributed by atoms with Gasteiger partial charge < -0.3 is 10.2 Å². The van der Waals surface area contributed by atoms with E-state index < -0.39 is 17.6 Å². The molecule has 1 amide bonds. The van der Waals surface area contributed by atoms with E-state index in [0.29, 0.717) is 6.54 Å². The van der Waals surface area contributed by atoms with E-state index in [9.17, 15) is 18.0 Å². The number of piperazine rings is 1. The van der Waals surface area contributed by atoms with Crippen LogP contribution in [0.3, 0.4) is 0 Å². The second-order valence-corrected chi connectivity index (χ2v) is 10.2. The summed E-state index contributed by atoms with van der Waals surface area (Å²) in [6, 6.07) is 11.5. The van der Waals surface area contributed by atoms with Crippen molar-refractivity contribution in [2.75, 3.05) is 45.1 Å². The number of anilines is 1. The largest absolute Gasteiger partial charge is 0.416 e. The molecule has 0 spiro atoms. The van der Waals surface area contributed by atoms with Gasteiger partial charge in [0.15, 0.2) is 0 Å². The highest BCUT2D eigenvalue weighted by Gasteiger charge is 2.34. The molecule has 2 aromatic rings. The predicted molar refractivity (Wildman–Crippen MR) is 147 cm³/mol. The van der Waals surface area contributed by atoms with E-state index in [0.717, 1.165) is 48.9 Å². The van der Waals surface area contributed by atoms with Gasteiger partial charge in [-0.2, -0.15) is 13.2 Å². The van der Waals surface area contributed by atoms with Crippen LogP contribution >= 0.6 is 0 Å². The monoisotopic (exact) mass is 533 g/mol. The number of likely N-dealkylation sites (N-methyl/N-ethyl adjacent to an activating group) is 1. The van der Waals surface area contributed by atoms with Gasteiger partial charge in [-0.05, 0) is 42.4 Å². The average Bonchev–Trinajstić information content (AvgIpc) is 3.37. The normalized spacial score (nSPS) is 21.2. The number of amides is 1. The predicted octanol–water partition coefficient (Wildman–Crippen LogP) is 4.07. The van der Waals surface area contributed by atoms with Crippen LogP contribution in [0.25, 0.3) is 0 Å². The first-order valence-corrected chi connectivity index (χ1v) is 13.0. The van der Waals surface area contributed by atoms with Crippen molar-refractivity contribution in [2.24, 2.45) is 15.9 Å². The zero-order valence-electron chi connectivity index (χ0n) is 21.7. The molecule has 0 aliphatic carbocycles. The van der Waals surface area contributed by atoms with Crippen LogP contribution in [0.4, 0.5) is 18.9 Å². The number of alkyl halides is 3. The first-order valence-electron chi connectivity index (χ1n) is 13.0. The number of carbonyl (C=O) groups is 1. The van der Waals surface area contributed by atoms with Crippen molar-refractivity contribution in [3.63, 3.8) is 0 Å². The summed E-state index contributed by atoms with van der Waals surface area (Å²) in [5.74, 6) is 6.01. The van der Waals surface area contributed by atoms with Gasteiger partial charge in [0.25, 0.3) is 0 Å². The summed E-state index contributed by atoms with van der Waals surface area (Å²) in [6.07, 6.45) is 1.24. The fraction of sp³-hybridized carbons (Fsp3) is 0.367. The Morgan fingerprint density at radius 3 is 2.72 bits per heavy atom. The highest BCUT2D eigenvalue weighted by molar-refractivity contribution is 5.92. The molecule has 6 nitrogen and oxygen atoms in total. The molecule has 3 aliphatic heterocycles. The van der Waals surface area contributed by atoms with Gasteiger partial charge in [0.1, 0.15) is 0 Å². The lowest BCUT2D eigenvalue weighted by Gasteiger charge is -2.33. The van der Waals surface area contributed by atoms with E-state index in [-0.39, 0.29) is 36.2 Å². The van der Waals surface area contributed by atoms with Gasteiger partial charge in [0, 0.05) is 67.9 Å². The van der Waals surface area contributed by atoms with Crippen LogP contribution in [0, 0.1) is 17.8 Å². The maximum Gasteiger partial charge on any atom is 0.416 e. The number of benzene rings is 2. The first kappa shape index (κ1) is 26.9. The van der Waals surface area contributed by atoms with Crippen LogP contribution in [-0.4, -0.2) is 73.9 Å². The van der Waals surface area contributed by atoms with Crippen LogP contribution < -0.4 is 5.32 Å². The summed E-state index contributed by atoms with van der Waals surface area (Å²) in [5.41, 5.74) is 1.91. The number of halogens is 3. The van der Waals surface area contributed by atoms with E-state index in [2.05, 4.69) is 38.1 Å². The Morgan fingerprint density at radius 2 is 1.92 bits per heavy atom. The van der Waals surface area contributed by atoms with Crippen molar-refractivity contribution in [1.29, 1.82) is 0 Å². The minimum atomic E-state index is -4.51. The third kappa shape index (κ3) is 7.02. The van der Waals surface area contributed by atoms with Gasteiger partial charge in [-0.25, -0.2) is 0 Å². The van der Waals surface area contributed by atoms with Gasteiger partial charge >= 0.3 is 6.18 Å². The van der Waals surface area contributed by atoms with Crippen molar-refractivity contribution in [2.45, 2.75) is 25.2 Å². The Balaban J connectivity index is 1.23. The SMILES string of the molecule is CN1CCN(Cc2ccc(NC(=O)Cc3cccc(C#CC4=CC5C=NCC5N=C4)c3)cc2C(F)(F)F)CC1. The van der Waals surface area contributed by atoms with E-state index in [1.165, 1.54) is 6.07 Å². The van der Waals surface area contributed by atoms with Crippen LogP contribution in [0.15, 0.2) is 64.1 Å². The standard InChI is InChI=1S/C30H30F3N5O/c1-37-9-11-38(12-10-37)20-24-7-8-26(16-27(24)30(31,32)33)36-29(39)15-22-4-2-3-21(13-22)5-6-23-14-25-18-34-19-28(25)35-17-23/h2-4,7-8,13-14,16-18,25,28H,9-12,15,19-20H2,1H3,(H,36,39). The summed E-state index contributed by atoms with van der Waals surface area (Å²) < 4.78 is 41.6. The third-order valence-corrected chi connectivity index (χ3v) is 7.12. The Hall–Kier alpha value is -3.74. The number of hydrogen-bond donors (Lipinski definition) is 1. The summed E-state index contributed by atoms with van der Waals surface area (Å²) in [7, 11) is 2.00. The number of nitrogens with zero attached hydrogens (tertiary/aromatic N) is 4. The molecular formula is C30H30F3N5O. The Bertz CT molecular complexity index is 1380. The molecule has 1 saturated heterocycles. The lowest BCUT2D eigenvalue weighted by Crippen LogP contribution is -2.44. The number of dihydropyridines is 1. The van der Waals surface area contributed by atoms with Gasteiger partial charge in [-0.1, -0.05) is 36.1 Å².